The average Bonchev–Trinajstić information content (AvgIpc) is 2.70. The Kier molecular flexibility index (Phi) is 2.64. The van der Waals surface area contributed by atoms with Crippen molar-refractivity contribution in [2.24, 2.45) is 0 Å². The Bertz CT molecular complexity index is 505. The first-order valence-corrected chi connectivity index (χ1v) is 5.12. The Morgan fingerprint density at radius 1 is 1.31 bits per heavy atom. The van der Waals surface area contributed by atoms with E-state index in [0.29, 0.717) is 11.3 Å². The lowest BCUT2D eigenvalue weighted by Crippen LogP contribution is -2.04. The van der Waals surface area contributed by atoms with E-state index in [4.69, 9.17) is 0 Å². The summed E-state index contributed by atoms with van der Waals surface area (Å²) < 4.78 is 14.9. The minimum atomic E-state index is -0.371. The summed E-state index contributed by atoms with van der Waals surface area (Å²) in [6, 6.07) is 5.81. The molecule has 84 valence electrons. The van der Waals surface area contributed by atoms with Gasteiger partial charge in [-0.2, -0.15) is 5.10 Å². The van der Waals surface area contributed by atoms with E-state index < -0.39 is 0 Å². The summed E-state index contributed by atoms with van der Waals surface area (Å²) in [5.41, 5.74) is 1.18. The van der Waals surface area contributed by atoms with Crippen LogP contribution in [0, 0.1) is 5.82 Å². The second kappa shape index (κ2) is 3.96. The Labute approximate surface area is 93.2 Å². The normalized spacial score (nSPS) is 11.0. The van der Waals surface area contributed by atoms with Crippen molar-refractivity contribution in [1.82, 2.24) is 9.78 Å². The molecule has 0 atom stereocenters. The average molecular weight is 220 g/mol. The second-order valence-corrected chi connectivity index (χ2v) is 3.92. The lowest BCUT2D eigenvalue weighted by molar-refractivity contribution is 0.472. The van der Waals surface area contributed by atoms with Gasteiger partial charge in [0.2, 0.25) is 0 Å². The minimum absolute atomic E-state index is 0.0591. The smallest absolute Gasteiger partial charge is 0.125 e. The molecule has 2 aromatic rings. The van der Waals surface area contributed by atoms with E-state index in [2.05, 4.69) is 5.10 Å². The van der Waals surface area contributed by atoms with Gasteiger partial charge in [-0.05, 0) is 38.1 Å². The molecule has 0 spiro atoms. The van der Waals surface area contributed by atoms with Gasteiger partial charge in [-0.15, -0.1) is 0 Å². The van der Waals surface area contributed by atoms with E-state index >= 15 is 0 Å². The van der Waals surface area contributed by atoms with Crippen molar-refractivity contribution < 1.29 is 9.50 Å². The third kappa shape index (κ3) is 1.78. The Hall–Kier alpha value is -1.84. The van der Waals surface area contributed by atoms with Crippen LogP contribution in [0.4, 0.5) is 4.39 Å². The molecule has 16 heavy (non-hydrogen) atoms. The van der Waals surface area contributed by atoms with E-state index in [1.807, 2.05) is 13.8 Å². The second-order valence-electron chi connectivity index (χ2n) is 3.92. The highest BCUT2D eigenvalue weighted by atomic mass is 19.1. The summed E-state index contributed by atoms with van der Waals surface area (Å²) in [5.74, 6) is -0.312. The summed E-state index contributed by atoms with van der Waals surface area (Å²) in [4.78, 5) is 0. The fraction of sp³-hybridized carbons (Fsp3) is 0.250. The van der Waals surface area contributed by atoms with Gasteiger partial charge in [0, 0.05) is 17.8 Å². The molecule has 1 heterocycles. The number of aromatic hydroxyl groups is 1. The van der Waals surface area contributed by atoms with Crippen LogP contribution in [-0.2, 0) is 0 Å². The summed E-state index contributed by atoms with van der Waals surface area (Å²) in [6.45, 7) is 3.96. The van der Waals surface area contributed by atoms with Crippen LogP contribution < -0.4 is 0 Å². The monoisotopic (exact) mass is 220 g/mol. The van der Waals surface area contributed by atoms with E-state index in [0.717, 1.165) is 0 Å². The van der Waals surface area contributed by atoms with Gasteiger partial charge in [0.25, 0.3) is 0 Å². The molecule has 1 aromatic heterocycles. The zero-order valence-corrected chi connectivity index (χ0v) is 9.18. The van der Waals surface area contributed by atoms with Gasteiger partial charge in [0.1, 0.15) is 11.6 Å². The van der Waals surface area contributed by atoms with Gasteiger partial charge in [-0.3, -0.25) is 4.68 Å². The van der Waals surface area contributed by atoms with Gasteiger partial charge < -0.3 is 5.11 Å². The maximum atomic E-state index is 13.1. The fourth-order valence-corrected chi connectivity index (χ4v) is 1.65. The fourth-order valence-electron chi connectivity index (χ4n) is 1.65. The van der Waals surface area contributed by atoms with Crippen molar-refractivity contribution in [3.8, 4) is 17.0 Å². The van der Waals surface area contributed by atoms with Crippen molar-refractivity contribution >= 4 is 0 Å². The zero-order chi connectivity index (χ0) is 11.7. The van der Waals surface area contributed by atoms with Crippen molar-refractivity contribution in [2.45, 2.75) is 19.9 Å². The molecule has 0 aliphatic heterocycles. The predicted octanol–water partition coefficient (Wildman–Crippen LogP) is 2.98. The van der Waals surface area contributed by atoms with Crippen LogP contribution in [0.1, 0.15) is 19.9 Å². The highest BCUT2D eigenvalue weighted by Gasteiger charge is 2.12. The molecule has 0 saturated heterocycles. The Morgan fingerprint density at radius 3 is 2.75 bits per heavy atom. The van der Waals surface area contributed by atoms with Gasteiger partial charge in [0.15, 0.2) is 0 Å². The quantitative estimate of drug-likeness (QED) is 0.844. The van der Waals surface area contributed by atoms with Crippen LogP contribution in [0.15, 0.2) is 30.5 Å². The number of hydrogen-bond donors (Lipinski definition) is 1. The Morgan fingerprint density at radius 2 is 2.06 bits per heavy atom. The van der Waals surface area contributed by atoms with Crippen LogP contribution in [0.2, 0.25) is 0 Å². The largest absolute Gasteiger partial charge is 0.507 e. The van der Waals surface area contributed by atoms with Crippen molar-refractivity contribution in [3.05, 3.63) is 36.3 Å². The SMILES string of the molecule is CC(C)n1nccc1-c1cc(F)ccc1O. The van der Waals surface area contributed by atoms with Crippen LogP contribution >= 0.6 is 0 Å². The first-order valence-electron chi connectivity index (χ1n) is 5.12. The molecule has 1 N–H and O–H groups in total. The third-order valence-electron chi connectivity index (χ3n) is 2.39. The number of halogens is 1. The molecule has 0 unspecified atom stereocenters. The van der Waals surface area contributed by atoms with Crippen LogP contribution in [0.5, 0.6) is 5.75 Å². The minimum Gasteiger partial charge on any atom is -0.507 e. The lowest BCUT2D eigenvalue weighted by atomic mass is 10.1. The first-order chi connectivity index (χ1) is 7.59. The number of nitrogens with zero attached hydrogens (tertiary/aromatic N) is 2. The number of phenolic OH excluding ortho intramolecular Hbond substituents is 1. The number of hydrogen-bond acceptors (Lipinski definition) is 2. The summed E-state index contributed by atoms with van der Waals surface area (Å²) in [7, 11) is 0. The summed E-state index contributed by atoms with van der Waals surface area (Å²) in [5, 5.41) is 13.9. The molecule has 0 aliphatic carbocycles. The van der Waals surface area contributed by atoms with E-state index in [1.165, 1.54) is 18.2 Å². The molecule has 0 bridgehead atoms. The van der Waals surface area contributed by atoms with E-state index in [-0.39, 0.29) is 17.6 Å². The molecule has 2 rings (SSSR count). The van der Waals surface area contributed by atoms with E-state index in [1.54, 1.807) is 16.9 Å². The molecular weight excluding hydrogens is 207 g/mol. The zero-order valence-electron chi connectivity index (χ0n) is 9.18. The Balaban J connectivity index is 2.58. The maximum absolute atomic E-state index is 13.1. The standard InChI is InChI=1S/C12H13FN2O/c1-8(2)15-11(5-6-14-15)10-7-9(13)3-4-12(10)16/h3-8,16H,1-2H3. The van der Waals surface area contributed by atoms with Crippen LogP contribution in [0.3, 0.4) is 0 Å². The third-order valence-corrected chi connectivity index (χ3v) is 2.39. The van der Waals surface area contributed by atoms with Crippen LogP contribution in [0.25, 0.3) is 11.3 Å². The van der Waals surface area contributed by atoms with Crippen LogP contribution in [-0.4, -0.2) is 14.9 Å². The maximum Gasteiger partial charge on any atom is 0.125 e. The molecule has 0 saturated carbocycles. The van der Waals surface area contributed by atoms with Crippen molar-refractivity contribution in [3.63, 3.8) is 0 Å². The highest BCUT2D eigenvalue weighted by molar-refractivity contribution is 5.66. The molecule has 4 heteroatoms. The van der Waals surface area contributed by atoms with E-state index in [9.17, 15) is 9.50 Å². The van der Waals surface area contributed by atoms with Crippen molar-refractivity contribution in [1.29, 1.82) is 0 Å². The molecule has 1 aromatic carbocycles. The molecule has 0 aliphatic rings. The molecular formula is C12H13FN2O. The molecule has 0 radical (unpaired) electrons. The lowest BCUT2D eigenvalue weighted by Gasteiger charge is -2.12. The number of phenols is 1. The van der Waals surface area contributed by atoms with Gasteiger partial charge in [-0.1, -0.05) is 0 Å². The van der Waals surface area contributed by atoms with Gasteiger partial charge in [-0.25, -0.2) is 4.39 Å². The van der Waals surface area contributed by atoms with Gasteiger partial charge in [0.05, 0.1) is 5.69 Å². The summed E-state index contributed by atoms with van der Waals surface area (Å²) in [6.07, 6.45) is 1.64. The first kappa shape index (κ1) is 10.7. The predicted molar refractivity (Wildman–Crippen MR) is 59.7 cm³/mol. The molecule has 0 fully saturated rings. The highest BCUT2D eigenvalue weighted by Crippen LogP contribution is 2.30. The molecule has 3 nitrogen and oxygen atoms in total. The van der Waals surface area contributed by atoms with Gasteiger partial charge >= 0.3 is 0 Å². The number of aromatic nitrogens is 2. The molecule has 0 amide bonds. The number of rotatable bonds is 2. The van der Waals surface area contributed by atoms with Crippen molar-refractivity contribution in [2.75, 3.05) is 0 Å². The number of benzene rings is 1. The summed E-state index contributed by atoms with van der Waals surface area (Å²) >= 11 is 0. The topological polar surface area (TPSA) is 38.0 Å².